The highest BCUT2D eigenvalue weighted by atomic mass is 16.5. The van der Waals surface area contributed by atoms with E-state index < -0.39 is 0 Å². The number of rotatable bonds is 8. The third-order valence-electron chi connectivity index (χ3n) is 4.21. The topological polar surface area (TPSA) is 54.4 Å². The molecule has 0 amide bonds. The Bertz CT molecular complexity index is 580. The molecule has 6 nitrogen and oxygen atoms in total. The molecule has 6 heteroatoms. The highest BCUT2D eigenvalue weighted by molar-refractivity contribution is 5.53. The summed E-state index contributed by atoms with van der Waals surface area (Å²) >= 11 is 0. The smallest absolute Gasteiger partial charge is 0.119 e. The van der Waals surface area contributed by atoms with Crippen molar-refractivity contribution in [2.75, 3.05) is 64.1 Å². The highest BCUT2D eigenvalue weighted by Crippen LogP contribution is 2.21. The van der Waals surface area contributed by atoms with E-state index in [1.165, 1.54) is 0 Å². The number of hydrogen-bond acceptors (Lipinski definition) is 6. The summed E-state index contributed by atoms with van der Waals surface area (Å²) in [6, 6.07) is 7.84. The minimum absolute atomic E-state index is 0.358. The predicted octanol–water partition coefficient (Wildman–Crippen LogP) is 2.19. The van der Waals surface area contributed by atoms with Crippen molar-refractivity contribution in [3.8, 4) is 5.75 Å². The summed E-state index contributed by atoms with van der Waals surface area (Å²) in [4.78, 5) is 4.33. The van der Waals surface area contributed by atoms with Crippen molar-refractivity contribution in [3.05, 3.63) is 48.4 Å². The van der Waals surface area contributed by atoms with Crippen molar-refractivity contribution in [1.82, 2.24) is 4.90 Å². The van der Waals surface area contributed by atoms with Crippen LogP contribution in [0.4, 0.5) is 5.69 Å². The van der Waals surface area contributed by atoms with Gasteiger partial charge in [0.2, 0.25) is 0 Å². The number of morpholine rings is 1. The molecule has 2 heterocycles. The quantitative estimate of drug-likeness (QED) is 0.728. The SMILES string of the molecule is OC1=CC=CN(c2ccc(OCCOCCN3CCOCC3)cc2)C1. The molecule has 0 saturated carbocycles. The average Bonchev–Trinajstić information content (AvgIpc) is 2.66. The zero-order valence-electron chi connectivity index (χ0n) is 14.5. The maximum atomic E-state index is 9.59. The number of benzene rings is 1. The molecule has 0 spiro atoms. The first kappa shape index (κ1) is 17.8. The lowest BCUT2D eigenvalue weighted by Gasteiger charge is -2.26. The van der Waals surface area contributed by atoms with Gasteiger partial charge in [0.05, 0.1) is 33.0 Å². The van der Waals surface area contributed by atoms with Gasteiger partial charge in [0.25, 0.3) is 0 Å². The Morgan fingerprint density at radius 3 is 2.60 bits per heavy atom. The number of aliphatic hydroxyl groups is 1. The van der Waals surface area contributed by atoms with Gasteiger partial charge in [-0.15, -0.1) is 0 Å². The predicted molar refractivity (Wildman–Crippen MR) is 97.2 cm³/mol. The molecule has 2 aliphatic heterocycles. The molecule has 0 aromatic heterocycles. The van der Waals surface area contributed by atoms with Crippen LogP contribution in [0.2, 0.25) is 0 Å². The summed E-state index contributed by atoms with van der Waals surface area (Å²) in [6.45, 7) is 6.91. The van der Waals surface area contributed by atoms with Gasteiger partial charge in [-0.25, -0.2) is 0 Å². The van der Waals surface area contributed by atoms with Crippen LogP contribution in [0.1, 0.15) is 0 Å². The first-order valence-corrected chi connectivity index (χ1v) is 8.75. The first-order chi connectivity index (χ1) is 12.3. The summed E-state index contributed by atoms with van der Waals surface area (Å²) in [6.07, 6.45) is 5.47. The Morgan fingerprint density at radius 2 is 1.84 bits per heavy atom. The Kier molecular flexibility index (Phi) is 6.73. The second-order valence-electron chi connectivity index (χ2n) is 6.04. The lowest BCUT2D eigenvalue weighted by atomic mass is 10.2. The van der Waals surface area contributed by atoms with Gasteiger partial charge in [-0.2, -0.15) is 0 Å². The standard InChI is InChI=1S/C19H26N2O4/c22-18-2-1-7-21(16-18)17-3-5-19(6-4-17)25-15-14-24-13-10-20-8-11-23-12-9-20/h1-7,22H,8-16H2. The van der Waals surface area contributed by atoms with Crippen LogP contribution >= 0.6 is 0 Å². The van der Waals surface area contributed by atoms with Crippen LogP contribution < -0.4 is 9.64 Å². The van der Waals surface area contributed by atoms with Crippen molar-refractivity contribution in [3.63, 3.8) is 0 Å². The first-order valence-electron chi connectivity index (χ1n) is 8.75. The van der Waals surface area contributed by atoms with Crippen molar-refractivity contribution in [1.29, 1.82) is 0 Å². The second-order valence-corrected chi connectivity index (χ2v) is 6.04. The van der Waals surface area contributed by atoms with Gasteiger partial charge in [-0.05, 0) is 36.4 Å². The van der Waals surface area contributed by atoms with Crippen LogP contribution in [0.3, 0.4) is 0 Å². The van der Waals surface area contributed by atoms with E-state index in [0.29, 0.717) is 25.5 Å². The Balaban J connectivity index is 1.31. The molecule has 0 bridgehead atoms. The zero-order valence-corrected chi connectivity index (χ0v) is 14.5. The van der Waals surface area contributed by atoms with E-state index in [0.717, 1.165) is 50.9 Å². The monoisotopic (exact) mass is 346 g/mol. The van der Waals surface area contributed by atoms with E-state index in [2.05, 4.69) is 4.90 Å². The van der Waals surface area contributed by atoms with Crippen LogP contribution in [0, 0.1) is 0 Å². The minimum Gasteiger partial charge on any atom is -0.510 e. The van der Waals surface area contributed by atoms with E-state index in [-0.39, 0.29) is 0 Å². The molecular formula is C19H26N2O4. The molecule has 1 aromatic carbocycles. The Labute approximate surface area is 148 Å². The number of hydrogen-bond donors (Lipinski definition) is 1. The number of ether oxygens (including phenoxy) is 3. The molecule has 0 aliphatic carbocycles. The second kappa shape index (κ2) is 9.46. The molecule has 0 unspecified atom stereocenters. The van der Waals surface area contributed by atoms with Gasteiger partial charge in [-0.3, -0.25) is 4.90 Å². The fraction of sp³-hybridized carbons (Fsp3) is 0.474. The molecule has 1 aromatic rings. The summed E-state index contributed by atoms with van der Waals surface area (Å²) in [5.74, 6) is 1.18. The van der Waals surface area contributed by atoms with Crippen LogP contribution in [0.15, 0.2) is 48.4 Å². The fourth-order valence-electron chi connectivity index (χ4n) is 2.79. The Hall–Kier alpha value is -2.02. The zero-order chi connectivity index (χ0) is 17.3. The van der Waals surface area contributed by atoms with Crippen LogP contribution in [-0.2, 0) is 9.47 Å². The third kappa shape index (κ3) is 5.77. The van der Waals surface area contributed by atoms with Crippen LogP contribution in [0.25, 0.3) is 0 Å². The number of allylic oxidation sites excluding steroid dienone is 2. The van der Waals surface area contributed by atoms with E-state index in [4.69, 9.17) is 14.2 Å². The minimum atomic E-state index is 0.358. The van der Waals surface area contributed by atoms with Gasteiger partial charge >= 0.3 is 0 Å². The third-order valence-corrected chi connectivity index (χ3v) is 4.21. The molecule has 3 rings (SSSR count). The van der Waals surface area contributed by atoms with E-state index in [1.807, 2.05) is 41.4 Å². The van der Waals surface area contributed by atoms with Gasteiger partial charge in [-0.1, -0.05) is 0 Å². The summed E-state index contributed by atoms with van der Waals surface area (Å²) in [5.41, 5.74) is 1.02. The molecular weight excluding hydrogens is 320 g/mol. The highest BCUT2D eigenvalue weighted by Gasteiger charge is 2.10. The lowest BCUT2D eigenvalue weighted by molar-refractivity contribution is 0.0170. The summed E-state index contributed by atoms with van der Waals surface area (Å²) < 4.78 is 16.7. The van der Waals surface area contributed by atoms with Gasteiger partial charge in [0.1, 0.15) is 18.1 Å². The normalized spacial score (nSPS) is 18.2. The van der Waals surface area contributed by atoms with E-state index in [9.17, 15) is 5.11 Å². The fourth-order valence-corrected chi connectivity index (χ4v) is 2.79. The van der Waals surface area contributed by atoms with Crippen molar-refractivity contribution in [2.24, 2.45) is 0 Å². The van der Waals surface area contributed by atoms with Gasteiger partial charge in [0, 0.05) is 31.5 Å². The molecule has 25 heavy (non-hydrogen) atoms. The molecule has 0 radical (unpaired) electrons. The van der Waals surface area contributed by atoms with Crippen molar-refractivity contribution in [2.45, 2.75) is 0 Å². The number of nitrogens with zero attached hydrogens (tertiary/aromatic N) is 2. The largest absolute Gasteiger partial charge is 0.510 e. The molecule has 1 N–H and O–H groups in total. The molecule has 0 atom stereocenters. The van der Waals surface area contributed by atoms with E-state index in [1.54, 1.807) is 6.08 Å². The van der Waals surface area contributed by atoms with Crippen LogP contribution in [-0.4, -0.2) is 69.2 Å². The summed E-state index contributed by atoms with van der Waals surface area (Å²) in [5, 5.41) is 9.59. The molecule has 1 fully saturated rings. The van der Waals surface area contributed by atoms with Crippen LogP contribution in [0.5, 0.6) is 5.75 Å². The number of aliphatic hydroxyl groups excluding tert-OH is 1. The molecule has 1 saturated heterocycles. The molecule has 136 valence electrons. The lowest BCUT2D eigenvalue weighted by Crippen LogP contribution is -2.38. The maximum Gasteiger partial charge on any atom is 0.119 e. The molecule has 2 aliphatic rings. The van der Waals surface area contributed by atoms with Crippen molar-refractivity contribution < 1.29 is 19.3 Å². The van der Waals surface area contributed by atoms with Gasteiger partial charge < -0.3 is 24.2 Å². The maximum absolute atomic E-state index is 9.59. The summed E-state index contributed by atoms with van der Waals surface area (Å²) in [7, 11) is 0. The van der Waals surface area contributed by atoms with Gasteiger partial charge in [0.15, 0.2) is 0 Å². The Morgan fingerprint density at radius 1 is 1.04 bits per heavy atom. The number of anilines is 1. The van der Waals surface area contributed by atoms with E-state index >= 15 is 0 Å². The van der Waals surface area contributed by atoms with Crippen molar-refractivity contribution >= 4 is 5.69 Å². The average molecular weight is 346 g/mol.